The Labute approximate surface area is 316 Å². The van der Waals surface area contributed by atoms with E-state index in [1.165, 1.54) is 31.2 Å². The van der Waals surface area contributed by atoms with Crippen molar-refractivity contribution in [2.24, 2.45) is 16.0 Å². The lowest BCUT2D eigenvalue weighted by Gasteiger charge is -2.41. The average molecular weight is 818 g/mol. The van der Waals surface area contributed by atoms with E-state index in [2.05, 4.69) is 25.9 Å². The number of aromatic nitrogens is 1. The van der Waals surface area contributed by atoms with Crippen molar-refractivity contribution in [2.75, 3.05) is 31.7 Å². The summed E-state index contributed by atoms with van der Waals surface area (Å²) in [6, 6.07) is -0.120. The molecule has 2 aliphatic rings. The maximum Gasteiger partial charge on any atom is 0.350 e. The number of nitrogens with two attached hydrogens (primary N) is 2. The van der Waals surface area contributed by atoms with Crippen LogP contribution in [0.25, 0.3) is 0 Å². The fourth-order valence-corrected chi connectivity index (χ4v) is 8.45. The summed E-state index contributed by atoms with van der Waals surface area (Å²) in [5, 5.41) is 51.9. The summed E-state index contributed by atoms with van der Waals surface area (Å²) in [7, 11) is 1.31. The number of thiazole rings is 1. The van der Waals surface area contributed by atoms with Crippen molar-refractivity contribution < 1.29 is 58.8 Å². The van der Waals surface area contributed by atoms with Gasteiger partial charge in [0.1, 0.15) is 17.1 Å². The van der Waals surface area contributed by atoms with Gasteiger partial charge in [0, 0.05) is 30.4 Å². The van der Waals surface area contributed by atoms with Crippen molar-refractivity contribution >= 4 is 98.7 Å². The third kappa shape index (κ3) is 8.95. The molecule has 1 aromatic carbocycles. The molecule has 2 fully saturated rings. The van der Waals surface area contributed by atoms with Gasteiger partial charge in [0.15, 0.2) is 32.1 Å². The van der Waals surface area contributed by atoms with Gasteiger partial charge >= 0.3 is 18.0 Å². The van der Waals surface area contributed by atoms with E-state index in [4.69, 9.17) is 32.6 Å². The van der Waals surface area contributed by atoms with E-state index < -0.39 is 90.8 Å². The Morgan fingerprint density at radius 3 is 2.49 bits per heavy atom. The fraction of sp³-hybridized carbons (Fsp3) is 0.393. The van der Waals surface area contributed by atoms with Gasteiger partial charge in [-0.15, -0.1) is 34.9 Å². The Kier molecular flexibility index (Phi) is 12.5. The zero-order valence-electron chi connectivity index (χ0n) is 27.7. The number of carbonyl (C=O) groups excluding carboxylic acids is 4. The van der Waals surface area contributed by atoms with Crippen LogP contribution in [0.15, 0.2) is 27.8 Å². The number of halogens is 1. The van der Waals surface area contributed by atoms with E-state index in [0.717, 1.165) is 47.0 Å². The molecule has 53 heavy (non-hydrogen) atoms. The first kappa shape index (κ1) is 40.7. The van der Waals surface area contributed by atoms with Crippen molar-refractivity contribution in [3.05, 3.63) is 33.8 Å². The quantitative estimate of drug-likeness (QED) is 0.0446. The Morgan fingerprint density at radius 1 is 1.21 bits per heavy atom. The third-order valence-corrected chi connectivity index (χ3v) is 11.9. The molecule has 0 saturated carbocycles. The van der Waals surface area contributed by atoms with Crippen LogP contribution in [0.3, 0.4) is 0 Å². The second-order valence-electron chi connectivity index (χ2n) is 11.5. The number of oxime groups is 1. The summed E-state index contributed by atoms with van der Waals surface area (Å²) in [5.41, 5.74) is 9.63. The highest BCUT2D eigenvalue weighted by molar-refractivity contribution is 8.20. The summed E-state index contributed by atoms with van der Waals surface area (Å²) in [5.74, 6) is -6.48. The van der Waals surface area contributed by atoms with Gasteiger partial charge in [0.2, 0.25) is 11.5 Å². The molecule has 0 radical (unpaired) electrons. The molecule has 4 atom stereocenters. The number of rotatable bonds is 16. The summed E-state index contributed by atoms with van der Waals surface area (Å²) >= 11 is 8.86. The number of anilines is 1. The second-order valence-corrected chi connectivity index (χ2v) is 15.8. The van der Waals surface area contributed by atoms with E-state index in [0.29, 0.717) is 0 Å². The van der Waals surface area contributed by atoms with E-state index >= 15 is 0 Å². The maximum atomic E-state index is 13.4. The van der Waals surface area contributed by atoms with Crippen molar-refractivity contribution in [3.63, 3.8) is 0 Å². The minimum Gasteiger partial charge on any atom is -0.504 e. The number of nitrogens with one attached hydrogen (secondary N) is 3. The standard InChI is InChI=1S/C28H32ClN9O12S3/c1-27(2,23(44)45)50-37-16(12-8-51-26(31)33-12)20(42)34-17-21(43)38-9-28(24(46)47,53-22(17)38)52-7-10(49-3)6-32-19(41)15(35-36-25(30)48)11-4-5-13(39)18(40)14(11)29/h4-5,8,10,17,22,39-40H,6-7,9H2,1-3H3,(H2,31,33)(H,32,41)(H,34,42)(H,44,45)(H,46,47)(H3,30,36,48)/b35-15-,37-16-/t10-,17+,22+,28+/m0/s1. The van der Waals surface area contributed by atoms with Gasteiger partial charge in [0.05, 0.1) is 17.7 Å². The molecule has 0 aliphatic carbocycles. The molecule has 21 nitrogen and oxygen atoms in total. The second kappa shape index (κ2) is 16.3. The number of benzene rings is 1. The molecule has 2 saturated heterocycles. The van der Waals surface area contributed by atoms with Gasteiger partial charge in [-0.3, -0.25) is 14.4 Å². The van der Waals surface area contributed by atoms with Crippen molar-refractivity contribution in [1.29, 1.82) is 0 Å². The largest absolute Gasteiger partial charge is 0.504 e. The average Bonchev–Trinajstić information content (AvgIpc) is 3.69. The van der Waals surface area contributed by atoms with Gasteiger partial charge in [-0.25, -0.2) is 24.8 Å². The molecule has 286 valence electrons. The molecule has 11 N–H and O–H groups in total. The molecule has 4 rings (SSSR count). The molecule has 0 bridgehead atoms. The number of hydrogen-bond donors (Lipinski definition) is 9. The summed E-state index contributed by atoms with van der Waals surface area (Å²) in [4.78, 5) is 85.4. The molecule has 0 unspecified atom stereocenters. The monoisotopic (exact) mass is 817 g/mol. The number of aromatic hydroxyl groups is 2. The molecular weight excluding hydrogens is 786 g/mol. The highest BCUT2D eigenvalue weighted by atomic mass is 35.5. The number of carbonyl (C=O) groups is 6. The van der Waals surface area contributed by atoms with Crippen LogP contribution in [0, 0.1) is 0 Å². The molecule has 3 heterocycles. The number of phenols is 2. The van der Waals surface area contributed by atoms with E-state index in [1.807, 2.05) is 5.43 Å². The SMILES string of the molecule is CO[C@@H](CNC(=O)/C(=N\NC(N)=O)c1ccc(O)c(O)c1Cl)CS[C@]1(C(=O)O)CN2C(=O)[C@@H](NC(=O)/C(=N\OC(C)(C)C(=O)O)c3csc(N)n3)[C@H]2S1. The Hall–Kier alpha value is -5.04. The zero-order valence-corrected chi connectivity index (χ0v) is 30.9. The Bertz CT molecular complexity index is 1890. The highest BCUT2D eigenvalue weighted by Crippen LogP contribution is 2.52. The number of thioether (sulfide) groups is 2. The molecular formula is C28H32ClN9O12S3. The predicted molar refractivity (Wildman–Crippen MR) is 192 cm³/mol. The zero-order chi connectivity index (χ0) is 39.4. The summed E-state index contributed by atoms with van der Waals surface area (Å²) < 4.78 is 3.81. The Balaban J connectivity index is 1.44. The van der Waals surface area contributed by atoms with Crippen LogP contribution < -0.4 is 27.5 Å². The van der Waals surface area contributed by atoms with Crippen LogP contribution in [0.4, 0.5) is 9.93 Å². The molecule has 25 heteroatoms. The fourth-order valence-electron chi connectivity index (χ4n) is 4.49. The van der Waals surface area contributed by atoms with Crippen molar-refractivity contribution in [2.45, 2.75) is 41.0 Å². The number of fused-ring (bicyclic) bond motifs is 1. The lowest BCUT2D eigenvalue weighted by Crippen LogP contribution is -2.68. The van der Waals surface area contributed by atoms with Gasteiger partial charge < -0.3 is 57.0 Å². The van der Waals surface area contributed by atoms with Gasteiger partial charge in [-0.05, 0) is 26.0 Å². The number of nitrogen functional groups attached to an aromatic ring is 1. The number of carboxylic acids is 2. The van der Waals surface area contributed by atoms with Crippen LogP contribution in [0.2, 0.25) is 5.02 Å². The lowest BCUT2D eigenvalue weighted by atomic mass is 10.1. The molecule has 5 amide bonds. The summed E-state index contributed by atoms with van der Waals surface area (Å²) in [6.07, 6.45) is -0.825. The molecule has 1 aromatic heterocycles. The highest BCUT2D eigenvalue weighted by Gasteiger charge is 2.63. The minimum absolute atomic E-state index is 0.0343. The topological polar surface area (TPSA) is 331 Å². The van der Waals surface area contributed by atoms with Crippen LogP contribution >= 0.6 is 46.5 Å². The van der Waals surface area contributed by atoms with Crippen LogP contribution in [0.1, 0.15) is 25.1 Å². The normalized spacial score (nSPS) is 20.5. The first-order valence-electron chi connectivity index (χ1n) is 14.8. The smallest absolute Gasteiger partial charge is 0.350 e. The minimum atomic E-state index is -1.83. The molecule has 2 aromatic rings. The van der Waals surface area contributed by atoms with E-state index in [1.54, 1.807) is 0 Å². The van der Waals surface area contributed by atoms with E-state index in [9.17, 15) is 49.2 Å². The van der Waals surface area contributed by atoms with Crippen LogP contribution in [-0.2, 0) is 33.5 Å². The number of hydrogen-bond acceptors (Lipinski definition) is 17. The van der Waals surface area contributed by atoms with Gasteiger partial charge in [-0.2, -0.15) is 5.10 Å². The number of β-lactam (4-membered cyclic amide) rings is 1. The van der Waals surface area contributed by atoms with Crippen LogP contribution in [-0.4, -0.2) is 131 Å². The predicted octanol–water partition coefficient (Wildman–Crippen LogP) is -0.508. The first-order valence-corrected chi connectivity index (χ1v) is 18.0. The number of urea groups is 1. The number of hydrazone groups is 1. The number of primary amides is 1. The van der Waals surface area contributed by atoms with Crippen molar-refractivity contribution in [3.8, 4) is 11.5 Å². The number of aliphatic carboxylic acids is 2. The molecule has 2 aliphatic heterocycles. The lowest BCUT2D eigenvalue weighted by molar-refractivity contribution is -0.161. The number of phenolic OH excluding ortho intramolecular Hbond substituents is 2. The number of methoxy groups -OCH3 is 1. The Morgan fingerprint density at radius 2 is 1.91 bits per heavy atom. The van der Waals surface area contributed by atoms with E-state index in [-0.39, 0.29) is 35.2 Å². The summed E-state index contributed by atoms with van der Waals surface area (Å²) in [6.45, 7) is 1.92. The number of carboxylic acid groups (broad SMARTS) is 2. The molecule has 0 spiro atoms. The van der Waals surface area contributed by atoms with Crippen molar-refractivity contribution in [1.82, 2.24) is 25.9 Å². The van der Waals surface area contributed by atoms with Gasteiger partial charge in [0.25, 0.3) is 11.8 Å². The third-order valence-electron chi connectivity index (χ3n) is 7.47. The first-order chi connectivity index (χ1) is 24.8. The van der Waals surface area contributed by atoms with Crippen LogP contribution in [0.5, 0.6) is 11.5 Å². The number of amides is 5. The number of nitrogens with zero attached hydrogens (tertiary/aromatic N) is 4. The van der Waals surface area contributed by atoms with Gasteiger partial charge in [-0.1, -0.05) is 16.8 Å². The number of ether oxygens (including phenoxy) is 1. The maximum absolute atomic E-state index is 13.4.